The van der Waals surface area contributed by atoms with Crippen LogP contribution in [0.3, 0.4) is 0 Å². The maximum absolute atomic E-state index is 13.3. The summed E-state index contributed by atoms with van der Waals surface area (Å²) >= 11 is 0. The second-order valence-electron chi connectivity index (χ2n) is 17.6. The predicted octanol–water partition coefficient (Wildman–Crippen LogP) is 5.20. The Kier molecular flexibility index (Phi) is 18.5. The Morgan fingerprint density at radius 2 is 1.39 bits per heavy atom. The number of carbonyl (C=O) groups is 4. The third kappa shape index (κ3) is 13.4. The van der Waals surface area contributed by atoms with E-state index < -0.39 is 62.9 Å². The second-order valence-corrected chi connectivity index (χ2v) is 21.1. The molecule has 0 aliphatic carbocycles. The van der Waals surface area contributed by atoms with Crippen molar-refractivity contribution in [3.8, 4) is 0 Å². The number of benzene rings is 2. The molecule has 17 nitrogen and oxygen atoms in total. The van der Waals surface area contributed by atoms with Crippen molar-refractivity contribution in [2.45, 2.75) is 104 Å². The molecule has 2 aromatic rings. The van der Waals surface area contributed by atoms with Crippen molar-refractivity contribution in [2.24, 2.45) is 0 Å². The summed E-state index contributed by atoms with van der Waals surface area (Å²) in [6.07, 6.45) is 12.1. The molecule has 2 aliphatic heterocycles. The van der Waals surface area contributed by atoms with Gasteiger partial charge in [0.1, 0.15) is 12.1 Å². The van der Waals surface area contributed by atoms with Crippen LogP contribution < -0.4 is 35.9 Å². The molecule has 0 radical (unpaired) electrons. The molecule has 2 aliphatic rings. The monoisotopic (exact) mass is 955 g/mol. The Balaban J connectivity index is 1.56. The van der Waals surface area contributed by atoms with Crippen molar-refractivity contribution in [2.75, 3.05) is 58.5 Å². The lowest BCUT2D eigenvalue weighted by Gasteiger charge is -2.30. The summed E-state index contributed by atoms with van der Waals surface area (Å²) in [7, 11) is -6.95. The Morgan fingerprint density at radius 3 is 1.97 bits per heavy atom. The third-order valence-electron chi connectivity index (χ3n) is 11.4. The van der Waals surface area contributed by atoms with E-state index in [4.69, 9.17) is 13.8 Å². The number of carbonyl (C=O) groups excluding carboxylic acids is 4. The summed E-state index contributed by atoms with van der Waals surface area (Å²) in [6, 6.07) is 9.65. The number of unbranched alkanes of at least 4 members (excludes halogenated alkanes) is 2. The number of amides is 2. The summed E-state index contributed by atoms with van der Waals surface area (Å²) in [6.45, 7) is 15.6. The number of rotatable bonds is 22. The van der Waals surface area contributed by atoms with Crippen molar-refractivity contribution < 1.29 is 65.9 Å². The van der Waals surface area contributed by atoms with E-state index in [0.717, 1.165) is 48.1 Å². The maximum Gasteiger partial charge on any atom is 0.407 e. The van der Waals surface area contributed by atoms with E-state index in [1.54, 1.807) is 45.0 Å². The average Bonchev–Trinajstić information content (AvgIpc) is 3.63. The number of methoxy groups -OCH3 is 2. The van der Waals surface area contributed by atoms with Crippen LogP contribution in [0.1, 0.15) is 98.6 Å². The fourth-order valence-corrected chi connectivity index (χ4v) is 10.0. The molecule has 2 heterocycles. The van der Waals surface area contributed by atoms with Gasteiger partial charge in [-0.2, -0.15) is 4.58 Å². The van der Waals surface area contributed by atoms with Gasteiger partial charge in [-0.3, -0.25) is 4.79 Å². The van der Waals surface area contributed by atoms with Crippen molar-refractivity contribution in [1.29, 1.82) is 0 Å². The van der Waals surface area contributed by atoms with E-state index >= 15 is 0 Å². The number of fused-ring (bicyclic) bond motifs is 2. The highest BCUT2D eigenvalue weighted by atomic mass is 31.2. The summed E-state index contributed by atoms with van der Waals surface area (Å²) in [5.41, 5.74) is 3.24. The van der Waals surface area contributed by atoms with Crippen LogP contribution in [0.15, 0.2) is 72.5 Å². The van der Waals surface area contributed by atoms with Crippen LogP contribution in [0.25, 0.3) is 0 Å². The zero-order valence-electron chi connectivity index (χ0n) is 39.7. The molecule has 3 unspecified atom stereocenters. The van der Waals surface area contributed by atoms with Crippen LogP contribution in [-0.4, -0.2) is 93.4 Å². The number of hydrogen-bond acceptors (Lipinski definition) is 14. The Hall–Kier alpha value is -4.89. The highest BCUT2D eigenvalue weighted by molar-refractivity contribution is 7.60. The number of anilines is 1. The first kappa shape index (κ1) is 53.7. The summed E-state index contributed by atoms with van der Waals surface area (Å²) < 4.78 is 52.8. The molecule has 2 aromatic carbocycles. The topological polar surface area (TPSA) is 225 Å². The minimum absolute atomic E-state index is 0.0435. The van der Waals surface area contributed by atoms with Crippen molar-refractivity contribution >= 4 is 66.8 Å². The molecule has 2 N–H and O–H groups in total. The van der Waals surface area contributed by atoms with E-state index in [-0.39, 0.29) is 29.6 Å². The molecule has 0 saturated carbocycles. The van der Waals surface area contributed by atoms with E-state index in [1.807, 2.05) is 58.1 Å². The molecule has 0 saturated heterocycles. The normalized spacial score (nSPS) is 19.1. The minimum atomic E-state index is -4.67. The van der Waals surface area contributed by atoms with Gasteiger partial charge >= 0.3 is 18.0 Å². The molecule has 4 rings (SSSR count). The first-order valence-corrected chi connectivity index (χ1v) is 25.1. The van der Waals surface area contributed by atoms with Gasteiger partial charge in [-0.25, -0.2) is 14.4 Å². The predicted molar refractivity (Wildman–Crippen MR) is 249 cm³/mol. The largest absolute Gasteiger partial charge is 0.775 e. The first-order valence-electron chi connectivity index (χ1n) is 22.0. The van der Waals surface area contributed by atoms with Gasteiger partial charge in [0.2, 0.25) is 11.6 Å². The number of alkyl carbamates (subject to hydrolysis) is 1. The van der Waals surface area contributed by atoms with Gasteiger partial charge in [-0.05, 0) is 110 Å². The zero-order valence-corrected chi connectivity index (χ0v) is 41.5. The molecule has 362 valence electrons. The fourth-order valence-electron chi connectivity index (χ4n) is 8.10. The molecular weight excluding hydrogens is 890 g/mol. The van der Waals surface area contributed by atoms with Crippen LogP contribution in [-0.2, 0) is 57.6 Å². The second kappa shape index (κ2) is 22.7. The number of nitrogens with zero attached hydrogens (tertiary/aromatic N) is 2. The van der Waals surface area contributed by atoms with Gasteiger partial charge in [-0.15, -0.1) is 0 Å². The van der Waals surface area contributed by atoms with Crippen molar-refractivity contribution in [3.05, 3.63) is 83.6 Å². The number of likely N-dealkylation sites (N-methyl/N-ethyl adjacent to an activating group) is 1. The van der Waals surface area contributed by atoms with E-state index in [0.29, 0.717) is 45.2 Å². The van der Waals surface area contributed by atoms with E-state index in [2.05, 4.69) is 36.5 Å². The molecule has 0 fully saturated rings. The first-order chi connectivity index (χ1) is 30.9. The lowest BCUT2D eigenvalue weighted by atomic mass is 9.77. The number of allylic oxidation sites excluding steroid dienone is 6. The van der Waals surface area contributed by atoms with Gasteiger partial charge < -0.3 is 57.7 Å². The fraction of sp³-hybridized carbons (Fsp3) is 0.511. The summed E-state index contributed by atoms with van der Waals surface area (Å²) in [4.78, 5) is 76.3. The Labute approximate surface area is 388 Å². The number of nitrogens with one attached hydrogen (secondary N) is 2. The summed E-state index contributed by atoms with van der Waals surface area (Å²) in [5.74, 6) is -1.76. The molecule has 0 spiro atoms. The molecule has 3 atom stereocenters. The van der Waals surface area contributed by atoms with Crippen LogP contribution in [0.5, 0.6) is 0 Å². The Bertz CT molecular complexity index is 2350. The molecule has 19 heteroatoms. The van der Waals surface area contributed by atoms with Crippen LogP contribution >= 0.6 is 15.2 Å². The SMILES string of the molecule is CCN1/C(=C/C=C/C=C/C2=[N+](CC)c3ccc(P(=O)([O-])OCC(=O)OC)cc3C2(C)C)C(C)(CCCCCC(=O)NCCNC(=O)OC(C)(C)C)c2cc(P(=O)([O-])OCC(=O)OC)ccc21. The number of hydrogen-bond donors (Lipinski definition) is 2. The van der Waals surface area contributed by atoms with Gasteiger partial charge in [0.05, 0.1) is 19.6 Å². The third-order valence-corrected chi connectivity index (χ3v) is 14.2. The Morgan fingerprint density at radius 1 is 0.803 bits per heavy atom. The summed E-state index contributed by atoms with van der Waals surface area (Å²) in [5, 5.41) is 5.33. The standard InChI is InChI=1S/C47H66N4O13P2/c1-11-50-37-24-22-33(65(56,57)62-31-42(53)60-9)29-35(37)46(6,7)39(50)19-15-13-16-20-40-47(8,26-18-14-17-21-41(52)48-27-28-49-44(55)64-45(3,4)5)36-30-34(23-25-38(36)51(40)12-2)66(58,59)63-32-43(54)61-10/h13,15-16,19-20,22-25,29-30H,11-12,14,17-18,21,26-28,31-32H2,1-10H3,(H3-,48,49,52,55,56,57,58,59)/p-1. The number of ether oxygens (including phenoxy) is 3. The van der Waals surface area contributed by atoms with Crippen LogP contribution in [0, 0.1) is 0 Å². The molecule has 66 heavy (non-hydrogen) atoms. The van der Waals surface area contributed by atoms with Crippen LogP contribution in [0.4, 0.5) is 16.2 Å². The van der Waals surface area contributed by atoms with E-state index in [1.165, 1.54) is 12.1 Å². The molecule has 2 amide bonds. The van der Waals surface area contributed by atoms with Crippen molar-refractivity contribution in [3.63, 3.8) is 0 Å². The highest BCUT2D eigenvalue weighted by Gasteiger charge is 2.45. The molecule has 0 aromatic heterocycles. The molecule has 0 bridgehead atoms. The zero-order chi connectivity index (χ0) is 49.1. The quantitative estimate of drug-likeness (QED) is 0.0387. The number of esters is 2. The average molecular weight is 956 g/mol. The lowest BCUT2D eigenvalue weighted by Crippen LogP contribution is -2.37. The lowest BCUT2D eigenvalue weighted by molar-refractivity contribution is -0.433. The van der Waals surface area contributed by atoms with E-state index in [9.17, 15) is 38.1 Å². The van der Waals surface area contributed by atoms with Crippen molar-refractivity contribution in [1.82, 2.24) is 10.6 Å². The van der Waals surface area contributed by atoms with Crippen LogP contribution in [0.2, 0.25) is 0 Å². The minimum Gasteiger partial charge on any atom is -0.775 e. The molecular formula is C47H65N4O13P2-. The van der Waals surface area contributed by atoms with Gasteiger partial charge in [0, 0.05) is 71.2 Å². The smallest absolute Gasteiger partial charge is 0.407 e. The van der Waals surface area contributed by atoms with Gasteiger partial charge in [0.25, 0.3) is 0 Å². The highest BCUT2D eigenvalue weighted by Crippen LogP contribution is 2.52. The van der Waals surface area contributed by atoms with Gasteiger partial charge in [-0.1, -0.05) is 31.1 Å². The van der Waals surface area contributed by atoms with Gasteiger partial charge in [0.15, 0.2) is 34.1 Å². The maximum atomic E-state index is 13.3.